The molecule has 3 heterocycles. The summed E-state index contributed by atoms with van der Waals surface area (Å²) < 4.78 is 20.4. The van der Waals surface area contributed by atoms with Crippen LogP contribution in [0, 0.1) is 5.82 Å². The number of anilines is 2. The van der Waals surface area contributed by atoms with Crippen molar-refractivity contribution in [2.75, 3.05) is 49.1 Å². The Morgan fingerprint density at radius 3 is 2.89 bits per heavy atom. The van der Waals surface area contributed by atoms with E-state index in [-0.39, 0.29) is 30.9 Å². The van der Waals surface area contributed by atoms with Crippen LogP contribution in [-0.4, -0.2) is 83.6 Å². The summed E-state index contributed by atoms with van der Waals surface area (Å²) in [6, 6.07) is 4.64. The van der Waals surface area contributed by atoms with Crippen molar-refractivity contribution >= 4 is 29.2 Å². The lowest BCUT2D eigenvalue weighted by Gasteiger charge is -2.24. The van der Waals surface area contributed by atoms with E-state index in [2.05, 4.69) is 26.2 Å². The van der Waals surface area contributed by atoms with Gasteiger partial charge in [0.2, 0.25) is 0 Å². The molecule has 13 heteroatoms. The lowest BCUT2D eigenvalue weighted by Crippen LogP contribution is -2.47. The van der Waals surface area contributed by atoms with Gasteiger partial charge < -0.3 is 19.7 Å². The van der Waals surface area contributed by atoms with Crippen molar-refractivity contribution in [3.05, 3.63) is 35.9 Å². The van der Waals surface area contributed by atoms with Crippen molar-refractivity contribution in [2.24, 2.45) is 0 Å². The van der Waals surface area contributed by atoms with Gasteiger partial charge in [-0.05, 0) is 31.5 Å². The number of carbonyl (C=O) groups is 3. The van der Waals surface area contributed by atoms with E-state index in [4.69, 9.17) is 4.74 Å². The Kier molecular flexibility index (Phi) is 7.87. The summed E-state index contributed by atoms with van der Waals surface area (Å²) >= 11 is 0. The van der Waals surface area contributed by atoms with Crippen molar-refractivity contribution < 1.29 is 23.5 Å². The van der Waals surface area contributed by atoms with Crippen molar-refractivity contribution in [2.45, 2.75) is 32.4 Å². The molecule has 0 saturated carbocycles. The van der Waals surface area contributed by atoms with Gasteiger partial charge in [-0.1, -0.05) is 0 Å². The molecule has 35 heavy (non-hydrogen) atoms. The lowest BCUT2D eigenvalue weighted by atomic mass is 10.1. The zero-order chi connectivity index (χ0) is 24.8. The number of carbonyl (C=O) groups excluding carboxylic acids is 3. The largest absolute Gasteiger partial charge is 0.444 e. The predicted molar refractivity (Wildman–Crippen MR) is 124 cm³/mol. The van der Waals surface area contributed by atoms with Crippen LogP contribution in [0.1, 0.15) is 25.5 Å². The molecule has 3 N–H and O–H groups in total. The minimum Gasteiger partial charge on any atom is -0.444 e. The molecule has 0 unspecified atom stereocenters. The maximum absolute atomic E-state index is 15.1. The van der Waals surface area contributed by atoms with E-state index in [0.717, 1.165) is 0 Å². The van der Waals surface area contributed by atoms with Crippen molar-refractivity contribution in [3.63, 3.8) is 0 Å². The van der Waals surface area contributed by atoms with Crippen LogP contribution in [0.25, 0.3) is 0 Å². The number of aromatic amines is 1. The summed E-state index contributed by atoms with van der Waals surface area (Å²) in [6.45, 7) is 4.11. The van der Waals surface area contributed by atoms with Gasteiger partial charge in [-0.2, -0.15) is 15.4 Å². The lowest BCUT2D eigenvalue weighted by molar-refractivity contribution is -0.133. The minimum absolute atomic E-state index is 0.0323. The summed E-state index contributed by atoms with van der Waals surface area (Å²) in [6.07, 6.45) is 1.43. The second kappa shape index (κ2) is 11.2. The number of hydrogen-bond donors (Lipinski definition) is 3. The standard InChI is InChI=1S/C22H29FN8O4/c1-15(32)2-4-18-14-30(22(34)35-18)17-3-5-20(19(23)10-17)29-7-6-26-31(9-8-29)21(33)13-24-11-16-12-25-28-27-16/h3,5,10,12,18,24,26H,2,4,6-9,11,13-14H2,1H3,(H,25,27,28)/t18-/m0/s1. The zero-order valence-corrected chi connectivity index (χ0v) is 19.5. The Balaban J connectivity index is 1.31. The molecule has 0 bridgehead atoms. The predicted octanol–water partition coefficient (Wildman–Crippen LogP) is 0.581. The minimum atomic E-state index is -0.545. The average Bonchev–Trinajstić information content (AvgIpc) is 3.40. The first-order valence-electron chi connectivity index (χ1n) is 11.5. The van der Waals surface area contributed by atoms with Gasteiger partial charge in [0.05, 0.1) is 42.9 Å². The molecule has 1 atom stereocenters. The molecule has 188 valence electrons. The second-order valence-corrected chi connectivity index (χ2v) is 8.50. The Hall–Kier alpha value is -3.58. The smallest absolute Gasteiger partial charge is 0.414 e. The van der Waals surface area contributed by atoms with Gasteiger partial charge in [0, 0.05) is 32.6 Å². The first-order valence-corrected chi connectivity index (χ1v) is 11.5. The van der Waals surface area contributed by atoms with E-state index >= 15 is 4.39 Å². The number of aromatic nitrogens is 3. The number of Topliss-reactive ketones (excluding diaryl/α,β-unsaturated/α-hetero) is 1. The van der Waals surface area contributed by atoms with E-state index in [1.807, 2.05) is 4.90 Å². The number of ketones is 1. The van der Waals surface area contributed by atoms with Gasteiger partial charge in [0.15, 0.2) is 0 Å². The molecule has 1 aromatic carbocycles. The fourth-order valence-electron chi connectivity index (χ4n) is 4.06. The third kappa shape index (κ3) is 6.31. The molecule has 2 amide bonds. The van der Waals surface area contributed by atoms with Crippen molar-refractivity contribution in [1.29, 1.82) is 0 Å². The number of nitrogens with zero attached hydrogens (tertiary/aromatic N) is 5. The third-order valence-corrected chi connectivity index (χ3v) is 5.90. The molecule has 2 fully saturated rings. The molecule has 4 rings (SSSR count). The topological polar surface area (TPSA) is 136 Å². The van der Waals surface area contributed by atoms with Crippen LogP contribution >= 0.6 is 0 Å². The molecule has 1 aromatic heterocycles. The Bertz CT molecular complexity index is 1050. The fraction of sp³-hybridized carbons (Fsp3) is 0.500. The highest BCUT2D eigenvalue weighted by atomic mass is 19.1. The normalized spacial score (nSPS) is 18.5. The molecule has 0 aliphatic carbocycles. The molecule has 2 aliphatic heterocycles. The van der Waals surface area contributed by atoms with Crippen molar-refractivity contribution in [1.82, 2.24) is 31.2 Å². The molecule has 12 nitrogen and oxygen atoms in total. The van der Waals surface area contributed by atoms with Crippen LogP contribution in [0.3, 0.4) is 0 Å². The molecule has 0 spiro atoms. The summed E-state index contributed by atoms with van der Waals surface area (Å²) in [5.74, 6) is -0.556. The number of H-pyrrole nitrogens is 1. The van der Waals surface area contributed by atoms with Crippen LogP contribution < -0.4 is 20.5 Å². The first-order chi connectivity index (χ1) is 16.9. The van der Waals surface area contributed by atoms with E-state index < -0.39 is 11.9 Å². The summed E-state index contributed by atoms with van der Waals surface area (Å²) in [5.41, 5.74) is 4.60. The van der Waals surface area contributed by atoms with Gasteiger partial charge in [-0.15, -0.1) is 0 Å². The van der Waals surface area contributed by atoms with Crippen LogP contribution in [0.4, 0.5) is 20.6 Å². The molecule has 2 aliphatic rings. The van der Waals surface area contributed by atoms with Gasteiger partial charge in [0.1, 0.15) is 17.7 Å². The van der Waals surface area contributed by atoms with Crippen molar-refractivity contribution in [3.8, 4) is 0 Å². The van der Waals surface area contributed by atoms with Gasteiger partial charge >= 0.3 is 6.09 Å². The average molecular weight is 489 g/mol. The number of hydrazine groups is 1. The number of cyclic esters (lactones) is 1. The SMILES string of the molecule is CC(=O)CC[C@H]1CN(c2ccc(N3CCNN(C(=O)CNCc4cn[nH]n4)CC3)c(F)c2)C(=O)O1. The van der Waals surface area contributed by atoms with Crippen LogP contribution in [-0.2, 0) is 20.9 Å². The highest BCUT2D eigenvalue weighted by Crippen LogP contribution is 2.29. The van der Waals surface area contributed by atoms with E-state index in [9.17, 15) is 14.4 Å². The molecule has 2 aromatic rings. The molecule has 0 radical (unpaired) electrons. The number of rotatable bonds is 9. The Labute approximate surface area is 201 Å². The number of ether oxygens (including phenoxy) is 1. The number of amides is 2. The van der Waals surface area contributed by atoms with E-state index in [0.29, 0.717) is 62.6 Å². The maximum atomic E-state index is 15.1. The molecular formula is C22H29FN8O4. The molecular weight excluding hydrogens is 459 g/mol. The van der Waals surface area contributed by atoms with Crippen LogP contribution in [0.15, 0.2) is 24.4 Å². The monoisotopic (exact) mass is 488 g/mol. The summed E-state index contributed by atoms with van der Waals surface area (Å²) in [5, 5.41) is 14.7. The van der Waals surface area contributed by atoms with Crippen LogP contribution in [0.5, 0.6) is 0 Å². The maximum Gasteiger partial charge on any atom is 0.414 e. The summed E-state index contributed by atoms with van der Waals surface area (Å²) in [7, 11) is 0. The first kappa shape index (κ1) is 24.5. The van der Waals surface area contributed by atoms with Crippen LogP contribution in [0.2, 0.25) is 0 Å². The highest BCUT2D eigenvalue weighted by Gasteiger charge is 2.33. The van der Waals surface area contributed by atoms with Gasteiger partial charge in [-0.25, -0.2) is 14.6 Å². The summed E-state index contributed by atoms with van der Waals surface area (Å²) in [4.78, 5) is 39.2. The zero-order valence-electron chi connectivity index (χ0n) is 19.5. The Morgan fingerprint density at radius 1 is 1.29 bits per heavy atom. The van der Waals surface area contributed by atoms with E-state index in [1.165, 1.54) is 22.9 Å². The van der Waals surface area contributed by atoms with Gasteiger partial charge in [0.25, 0.3) is 5.91 Å². The number of halogens is 1. The quantitative estimate of drug-likeness (QED) is 0.463. The fourth-order valence-corrected chi connectivity index (χ4v) is 4.06. The number of hydrogen-bond acceptors (Lipinski definition) is 9. The highest BCUT2D eigenvalue weighted by molar-refractivity contribution is 5.90. The second-order valence-electron chi connectivity index (χ2n) is 8.50. The van der Waals surface area contributed by atoms with E-state index in [1.54, 1.807) is 18.3 Å². The number of benzene rings is 1. The number of nitrogens with one attached hydrogen (secondary N) is 3. The van der Waals surface area contributed by atoms with Gasteiger partial charge in [-0.3, -0.25) is 14.7 Å². The third-order valence-electron chi connectivity index (χ3n) is 5.90. The molecule has 2 saturated heterocycles. The Morgan fingerprint density at radius 2 is 2.14 bits per heavy atom.